The second kappa shape index (κ2) is 10.4. The number of hydrogen-bond donors (Lipinski definition) is 1. The predicted octanol–water partition coefficient (Wildman–Crippen LogP) is 5.40. The fourth-order valence-corrected chi connectivity index (χ4v) is 3.75. The number of nitrogens with zero attached hydrogens (tertiary/aromatic N) is 1. The SMILES string of the molecule is C=CCOc1ccc(C2C(C#N)=C(N)Oc3cc(OC(=O)/C=C/c4ccc(C)cc4)ccc32)cc1. The van der Waals surface area contributed by atoms with Crippen molar-refractivity contribution in [3.05, 3.63) is 119 Å². The number of carbonyl (C=O) groups is 1. The maximum absolute atomic E-state index is 12.3. The van der Waals surface area contributed by atoms with E-state index in [2.05, 4.69) is 12.6 Å². The Morgan fingerprint density at radius 1 is 1.11 bits per heavy atom. The van der Waals surface area contributed by atoms with E-state index in [1.165, 1.54) is 6.08 Å². The molecule has 6 nitrogen and oxygen atoms in total. The van der Waals surface area contributed by atoms with Gasteiger partial charge in [-0.1, -0.05) is 60.7 Å². The summed E-state index contributed by atoms with van der Waals surface area (Å²) in [6.07, 6.45) is 4.73. The Morgan fingerprint density at radius 2 is 1.83 bits per heavy atom. The minimum absolute atomic E-state index is 0.0136. The summed E-state index contributed by atoms with van der Waals surface area (Å²) in [5.74, 6) is 0.489. The van der Waals surface area contributed by atoms with Crippen molar-refractivity contribution < 1.29 is 19.0 Å². The molecule has 3 aromatic rings. The molecule has 0 amide bonds. The molecule has 0 aromatic heterocycles. The third kappa shape index (κ3) is 5.43. The highest BCUT2D eigenvalue weighted by atomic mass is 16.5. The molecule has 1 atom stereocenters. The molecular formula is C29H24N2O4. The summed E-state index contributed by atoms with van der Waals surface area (Å²) in [6.45, 7) is 6.04. The number of nitrogens with two attached hydrogens (primary N) is 1. The molecular weight excluding hydrogens is 440 g/mol. The monoisotopic (exact) mass is 464 g/mol. The maximum atomic E-state index is 12.3. The maximum Gasteiger partial charge on any atom is 0.336 e. The second-order valence-electron chi connectivity index (χ2n) is 7.96. The third-order valence-electron chi connectivity index (χ3n) is 5.48. The molecule has 0 radical (unpaired) electrons. The topological polar surface area (TPSA) is 94.6 Å². The first-order valence-corrected chi connectivity index (χ1v) is 11.0. The molecule has 0 aliphatic carbocycles. The van der Waals surface area contributed by atoms with Crippen LogP contribution in [0.2, 0.25) is 0 Å². The molecule has 3 aromatic carbocycles. The number of ether oxygens (including phenoxy) is 3. The van der Waals surface area contributed by atoms with Crippen LogP contribution in [0.3, 0.4) is 0 Å². The Kier molecular flexibility index (Phi) is 6.99. The minimum Gasteiger partial charge on any atom is -0.490 e. The van der Waals surface area contributed by atoms with Crippen LogP contribution in [0.1, 0.15) is 28.2 Å². The summed E-state index contributed by atoms with van der Waals surface area (Å²) in [5, 5.41) is 9.75. The van der Waals surface area contributed by atoms with E-state index in [9.17, 15) is 10.1 Å². The van der Waals surface area contributed by atoms with Gasteiger partial charge in [0.2, 0.25) is 5.88 Å². The molecule has 1 aliphatic heterocycles. The number of allylic oxidation sites excluding steroid dienone is 1. The molecule has 1 unspecified atom stereocenters. The van der Waals surface area contributed by atoms with Crippen LogP contribution in [0.15, 0.2) is 96.9 Å². The summed E-state index contributed by atoms with van der Waals surface area (Å²) in [7, 11) is 0. The minimum atomic E-state index is -0.519. The summed E-state index contributed by atoms with van der Waals surface area (Å²) in [4.78, 5) is 12.3. The van der Waals surface area contributed by atoms with Gasteiger partial charge in [-0.2, -0.15) is 5.26 Å². The summed E-state index contributed by atoms with van der Waals surface area (Å²) < 4.78 is 16.7. The van der Waals surface area contributed by atoms with Gasteiger partial charge in [-0.15, -0.1) is 0 Å². The molecule has 0 spiro atoms. The molecule has 2 N–H and O–H groups in total. The molecule has 1 heterocycles. The van der Waals surface area contributed by atoms with Gasteiger partial charge in [0.05, 0.1) is 5.92 Å². The van der Waals surface area contributed by atoms with Crippen LogP contribution in [-0.2, 0) is 4.79 Å². The van der Waals surface area contributed by atoms with Crippen LogP contribution < -0.4 is 19.9 Å². The van der Waals surface area contributed by atoms with E-state index in [4.69, 9.17) is 19.9 Å². The highest BCUT2D eigenvalue weighted by Gasteiger charge is 2.31. The Bertz CT molecular complexity index is 1350. The van der Waals surface area contributed by atoms with Crippen LogP contribution in [-0.4, -0.2) is 12.6 Å². The van der Waals surface area contributed by atoms with E-state index >= 15 is 0 Å². The summed E-state index contributed by atoms with van der Waals surface area (Å²) in [6, 6.07) is 22.4. The number of aryl methyl sites for hydroxylation is 1. The zero-order valence-electron chi connectivity index (χ0n) is 19.2. The Morgan fingerprint density at radius 3 is 2.51 bits per heavy atom. The number of esters is 1. The van der Waals surface area contributed by atoms with Crippen molar-refractivity contribution in [2.24, 2.45) is 5.73 Å². The summed E-state index contributed by atoms with van der Waals surface area (Å²) in [5.41, 5.74) is 10.0. The van der Waals surface area contributed by atoms with E-state index in [-0.39, 0.29) is 5.88 Å². The van der Waals surface area contributed by atoms with Gasteiger partial charge >= 0.3 is 5.97 Å². The smallest absolute Gasteiger partial charge is 0.336 e. The first-order valence-electron chi connectivity index (χ1n) is 11.0. The van der Waals surface area contributed by atoms with Crippen molar-refractivity contribution in [1.29, 1.82) is 5.26 Å². The quantitative estimate of drug-likeness (QED) is 0.218. The van der Waals surface area contributed by atoms with Gasteiger partial charge in [-0.25, -0.2) is 4.79 Å². The number of fused-ring (bicyclic) bond motifs is 1. The first kappa shape index (κ1) is 23.4. The Hall–Kier alpha value is -4.76. The Labute approximate surface area is 204 Å². The van der Waals surface area contributed by atoms with Gasteiger partial charge in [0.1, 0.15) is 35.5 Å². The van der Waals surface area contributed by atoms with Gasteiger partial charge in [0.25, 0.3) is 0 Å². The highest BCUT2D eigenvalue weighted by molar-refractivity contribution is 5.88. The van der Waals surface area contributed by atoms with Crippen molar-refractivity contribution in [1.82, 2.24) is 0 Å². The van der Waals surface area contributed by atoms with Crippen molar-refractivity contribution in [3.63, 3.8) is 0 Å². The summed E-state index contributed by atoms with van der Waals surface area (Å²) >= 11 is 0. The van der Waals surface area contributed by atoms with Crippen molar-refractivity contribution in [3.8, 4) is 23.3 Å². The van der Waals surface area contributed by atoms with Crippen molar-refractivity contribution >= 4 is 12.0 Å². The zero-order valence-corrected chi connectivity index (χ0v) is 19.2. The van der Waals surface area contributed by atoms with Gasteiger partial charge in [-0.05, 0) is 42.3 Å². The predicted molar refractivity (Wildman–Crippen MR) is 134 cm³/mol. The standard InChI is InChI=1S/C29H24N2O4/c1-3-16-33-22-11-9-21(10-12-22)28-24-14-13-23(17-26(24)35-29(31)25(28)18-30)34-27(32)15-8-20-6-4-19(2)5-7-20/h3-15,17,28H,1,16,31H2,2H3/b15-8+. The lowest BCUT2D eigenvalue weighted by Gasteiger charge is -2.26. The fraction of sp³-hybridized carbons (Fsp3) is 0.103. The van der Waals surface area contributed by atoms with E-state index in [0.29, 0.717) is 29.4 Å². The molecule has 174 valence electrons. The van der Waals surface area contributed by atoms with Gasteiger partial charge in [0, 0.05) is 17.7 Å². The van der Waals surface area contributed by atoms with E-state index < -0.39 is 11.9 Å². The van der Waals surface area contributed by atoms with Gasteiger partial charge in [-0.3, -0.25) is 0 Å². The lowest BCUT2D eigenvalue weighted by Crippen LogP contribution is -2.21. The van der Waals surface area contributed by atoms with Crippen molar-refractivity contribution in [2.75, 3.05) is 6.61 Å². The second-order valence-corrected chi connectivity index (χ2v) is 7.96. The molecule has 1 aliphatic rings. The first-order chi connectivity index (χ1) is 17.0. The molecule has 0 saturated carbocycles. The lowest BCUT2D eigenvalue weighted by molar-refractivity contribution is -0.128. The third-order valence-corrected chi connectivity index (χ3v) is 5.48. The van der Waals surface area contributed by atoms with Crippen molar-refractivity contribution in [2.45, 2.75) is 12.8 Å². The molecule has 0 bridgehead atoms. The number of carbonyl (C=O) groups excluding carboxylic acids is 1. The van der Waals surface area contributed by atoms with Crippen LogP contribution in [0, 0.1) is 18.3 Å². The highest BCUT2D eigenvalue weighted by Crippen LogP contribution is 2.43. The van der Waals surface area contributed by atoms with Crippen LogP contribution in [0.5, 0.6) is 17.2 Å². The number of benzene rings is 3. The van der Waals surface area contributed by atoms with Gasteiger partial charge < -0.3 is 19.9 Å². The molecule has 4 rings (SSSR count). The number of rotatable bonds is 7. The molecule has 35 heavy (non-hydrogen) atoms. The average Bonchev–Trinajstić information content (AvgIpc) is 2.86. The van der Waals surface area contributed by atoms with Crippen LogP contribution in [0.25, 0.3) is 6.08 Å². The fourth-order valence-electron chi connectivity index (χ4n) is 3.75. The van der Waals surface area contributed by atoms with Crippen LogP contribution >= 0.6 is 0 Å². The number of hydrogen-bond acceptors (Lipinski definition) is 6. The molecule has 0 fully saturated rings. The lowest BCUT2D eigenvalue weighted by atomic mass is 9.83. The van der Waals surface area contributed by atoms with E-state index in [1.54, 1.807) is 30.4 Å². The molecule has 0 saturated heterocycles. The van der Waals surface area contributed by atoms with E-state index in [0.717, 1.165) is 22.3 Å². The van der Waals surface area contributed by atoms with Crippen LogP contribution in [0.4, 0.5) is 0 Å². The Balaban J connectivity index is 1.56. The van der Waals surface area contributed by atoms with E-state index in [1.807, 2.05) is 55.5 Å². The normalized spacial score (nSPS) is 14.6. The largest absolute Gasteiger partial charge is 0.490 e. The average molecular weight is 465 g/mol. The molecule has 6 heteroatoms. The zero-order chi connectivity index (χ0) is 24.8. The van der Waals surface area contributed by atoms with Gasteiger partial charge in [0.15, 0.2) is 0 Å². The number of nitriles is 1.